The van der Waals surface area contributed by atoms with E-state index in [0.29, 0.717) is 30.3 Å². The summed E-state index contributed by atoms with van der Waals surface area (Å²) < 4.78 is 25.9. The van der Waals surface area contributed by atoms with Crippen molar-refractivity contribution >= 4 is 23.1 Å². The van der Waals surface area contributed by atoms with Crippen LogP contribution in [0.2, 0.25) is 0 Å². The van der Waals surface area contributed by atoms with Crippen molar-refractivity contribution in [2.24, 2.45) is 0 Å². The van der Waals surface area contributed by atoms with Crippen molar-refractivity contribution in [1.82, 2.24) is 14.9 Å². The SMILES string of the molecule is O=C(/C=C/c1ccc(Oc2cccnc2)c(F)c1)N1CCCC(c2nc3ccccc3o2)C1. The first-order valence-corrected chi connectivity index (χ1v) is 10.9. The number of para-hydroxylation sites is 2. The maximum atomic E-state index is 14.4. The van der Waals surface area contributed by atoms with E-state index in [1.165, 1.54) is 24.4 Å². The first-order valence-electron chi connectivity index (χ1n) is 10.9. The van der Waals surface area contributed by atoms with Crippen molar-refractivity contribution in [2.45, 2.75) is 18.8 Å². The highest BCUT2D eigenvalue weighted by Crippen LogP contribution is 2.29. The summed E-state index contributed by atoms with van der Waals surface area (Å²) in [4.78, 5) is 23.1. The summed E-state index contributed by atoms with van der Waals surface area (Å²) in [5, 5.41) is 0. The molecule has 166 valence electrons. The molecule has 0 saturated carbocycles. The predicted molar refractivity (Wildman–Crippen MR) is 122 cm³/mol. The number of likely N-dealkylation sites (tertiary alicyclic amines) is 1. The Morgan fingerprint density at radius 3 is 2.91 bits per heavy atom. The molecule has 0 radical (unpaired) electrons. The number of nitrogens with zero attached hydrogens (tertiary/aromatic N) is 3. The maximum absolute atomic E-state index is 14.4. The van der Waals surface area contributed by atoms with Crippen LogP contribution in [0.3, 0.4) is 0 Å². The fourth-order valence-corrected chi connectivity index (χ4v) is 3.95. The van der Waals surface area contributed by atoms with Gasteiger partial charge in [0, 0.05) is 25.4 Å². The van der Waals surface area contributed by atoms with Crippen molar-refractivity contribution in [3.63, 3.8) is 0 Å². The van der Waals surface area contributed by atoms with Crippen LogP contribution in [0.25, 0.3) is 17.2 Å². The molecule has 0 spiro atoms. The Balaban J connectivity index is 1.24. The van der Waals surface area contributed by atoms with Crippen molar-refractivity contribution in [1.29, 1.82) is 0 Å². The number of hydrogen-bond acceptors (Lipinski definition) is 5. The summed E-state index contributed by atoms with van der Waals surface area (Å²) >= 11 is 0. The summed E-state index contributed by atoms with van der Waals surface area (Å²) in [6.07, 6.45) is 8.01. The second kappa shape index (κ2) is 9.24. The number of hydrogen-bond donors (Lipinski definition) is 0. The van der Waals surface area contributed by atoms with E-state index < -0.39 is 5.82 Å². The smallest absolute Gasteiger partial charge is 0.246 e. The molecular weight excluding hydrogens is 421 g/mol. The minimum Gasteiger partial charge on any atom is -0.453 e. The molecule has 1 saturated heterocycles. The number of amides is 1. The molecule has 1 aliphatic heterocycles. The average Bonchev–Trinajstić information content (AvgIpc) is 3.29. The van der Waals surface area contributed by atoms with E-state index in [9.17, 15) is 9.18 Å². The van der Waals surface area contributed by atoms with E-state index >= 15 is 0 Å². The normalized spacial score (nSPS) is 16.4. The summed E-state index contributed by atoms with van der Waals surface area (Å²) in [5.41, 5.74) is 2.16. The van der Waals surface area contributed by atoms with Crippen LogP contribution in [-0.4, -0.2) is 33.9 Å². The predicted octanol–water partition coefficient (Wildman–Crippen LogP) is 5.57. The third kappa shape index (κ3) is 4.77. The standard InChI is InChI=1S/C26H22FN3O3/c27-21-15-18(9-11-23(21)32-20-6-3-13-28-16-20)10-12-25(31)30-14-4-5-19(17-30)26-29-22-7-1-2-8-24(22)33-26/h1-3,6-13,15-16,19H,4-5,14,17H2/b12-10+. The van der Waals surface area contributed by atoms with Gasteiger partial charge in [0.2, 0.25) is 5.91 Å². The van der Waals surface area contributed by atoms with Gasteiger partial charge in [-0.1, -0.05) is 18.2 Å². The molecule has 1 aliphatic rings. The van der Waals surface area contributed by atoms with Crippen LogP contribution < -0.4 is 4.74 Å². The minimum absolute atomic E-state index is 0.0600. The minimum atomic E-state index is -0.512. The second-order valence-electron chi connectivity index (χ2n) is 7.96. The van der Waals surface area contributed by atoms with Crippen LogP contribution in [0, 0.1) is 5.82 Å². The summed E-state index contributed by atoms with van der Waals surface area (Å²) in [7, 11) is 0. The van der Waals surface area contributed by atoms with E-state index in [0.717, 1.165) is 23.9 Å². The van der Waals surface area contributed by atoms with Gasteiger partial charge in [0.1, 0.15) is 11.3 Å². The Morgan fingerprint density at radius 2 is 2.09 bits per heavy atom. The summed E-state index contributed by atoms with van der Waals surface area (Å²) in [6, 6.07) is 15.7. The van der Waals surface area contributed by atoms with Gasteiger partial charge in [-0.05, 0) is 60.9 Å². The Kier molecular flexibility index (Phi) is 5.85. The number of carbonyl (C=O) groups excluding carboxylic acids is 1. The van der Waals surface area contributed by atoms with Crippen molar-refractivity contribution in [3.8, 4) is 11.5 Å². The Hall–Kier alpha value is -4.00. The van der Waals surface area contributed by atoms with Gasteiger partial charge in [-0.15, -0.1) is 0 Å². The van der Waals surface area contributed by atoms with Gasteiger partial charge in [0.15, 0.2) is 23.0 Å². The zero-order valence-corrected chi connectivity index (χ0v) is 17.9. The molecule has 5 rings (SSSR count). The molecule has 4 aromatic rings. The topological polar surface area (TPSA) is 68.5 Å². The lowest BCUT2D eigenvalue weighted by Crippen LogP contribution is -2.38. The molecule has 0 aliphatic carbocycles. The van der Waals surface area contributed by atoms with Crippen molar-refractivity contribution in [2.75, 3.05) is 13.1 Å². The van der Waals surface area contributed by atoms with Gasteiger partial charge in [-0.2, -0.15) is 0 Å². The molecule has 6 nitrogen and oxygen atoms in total. The van der Waals surface area contributed by atoms with Gasteiger partial charge >= 0.3 is 0 Å². The number of piperidine rings is 1. The van der Waals surface area contributed by atoms with Gasteiger partial charge in [-0.3, -0.25) is 9.78 Å². The van der Waals surface area contributed by atoms with E-state index in [1.54, 1.807) is 35.4 Å². The van der Waals surface area contributed by atoms with Crippen LogP contribution in [0.1, 0.15) is 30.2 Å². The molecule has 2 aromatic carbocycles. The largest absolute Gasteiger partial charge is 0.453 e. The molecule has 1 amide bonds. The lowest BCUT2D eigenvalue weighted by Gasteiger charge is -2.30. The zero-order valence-electron chi connectivity index (χ0n) is 17.9. The highest BCUT2D eigenvalue weighted by molar-refractivity contribution is 5.92. The third-order valence-electron chi connectivity index (χ3n) is 5.63. The molecular formula is C26H22FN3O3. The Labute approximate surface area is 190 Å². The first-order chi connectivity index (χ1) is 16.2. The molecule has 1 unspecified atom stereocenters. The lowest BCUT2D eigenvalue weighted by molar-refractivity contribution is -0.127. The zero-order chi connectivity index (χ0) is 22.6. The van der Waals surface area contributed by atoms with Gasteiger partial charge < -0.3 is 14.1 Å². The number of oxazole rings is 1. The molecule has 33 heavy (non-hydrogen) atoms. The maximum Gasteiger partial charge on any atom is 0.246 e. The van der Waals surface area contributed by atoms with Crippen LogP contribution in [-0.2, 0) is 4.79 Å². The van der Waals surface area contributed by atoms with E-state index in [4.69, 9.17) is 9.15 Å². The quantitative estimate of drug-likeness (QED) is 0.377. The number of aromatic nitrogens is 2. The number of pyridine rings is 1. The van der Waals surface area contributed by atoms with E-state index in [2.05, 4.69) is 9.97 Å². The van der Waals surface area contributed by atoms with Gasteiger partial charge in [0.05, 0.1) is 12.1 Å². The second-order valence-corrected chi connectivity index (χ2v) is 7.96. The average molecular weight is 443 g/mol. The third-order valence-corrected chi connectivity index (χ3v) is 5.63. The fraction of sp³-hybridized carbons (Fsp3) is 0.192. The number of benzene rings is 2. The van der Waals surface area contributed by atoms with Crippen LogP contribution in [0.5, 0.6) is 11.5 Å². The lowest BCUT2D eigenvalue weighted by atomic mass is 9.98. The van der Waals surface area contributed by atoms with Gasteiger partial charge in [-0.25, -0.2) is 9.37 Å². The van der Waals surface area contributed by atoms with Gasteiger partial charge in [0.25, 0.3) is 0 Å². The Morgan fingerprint density at radius 1 is 1.18 bits per heavy atom. The van der Waals surface area contributed by atoms with Crippen molar-refractivity contribution < 1.29 is 18.3 Å². The van der Waals surface area contributed by atoms with Crippen LogP contribution >= 0.6 is 0 Å². The number of halogens is 1. The molecule has 3 heterocycles. The molecule has 0 N–H and O–H groups in total. The van der Waals surface area contributed by atoms with Crippen molar-refractivity contribution in [3.05, 3.63) is 90.3 Å². The molecule has 1 atom stereocenters. The molecule has 2 aromatic heterocycles. The summed E-state index contributed by atoms with van der Waals surface area (Å²) in [6.45, 7) is 1.22. The fourth-order valence-electron chi connectivity index (χ4n) is 3.95. The Bertz CT molecular complexity index is 1270. The molecule has 7 heteroatoms. The van der Waals surface area contributed by atoms with E-state index in [1.807, 2.05) is 24.3 Å². The van der Waals surface area contributed by atoms with E-state index in [-0.39, 0.29) is 17.6 Å². The van der Waals surface area contributed by atoms with Crippen LogP contribution in [0.4, 0.5) is 4.39 Å². The first kappa shape index (κ1) is 20.9. The van der Waals surface area contributed by atoms with Crippen LogP contribution in [0.15, 0.2) is 77.5 Å². The summed E-state index contributed by atoms with van der Waals surface area (Å²) in [5.74, 6) is 0.653. The number of fused-ring (bicyclic) bond motifs is 1. The number of rotatable bonds is 5. The number of ether oxygens (including phenoxy) is 1. The highest BCUT2D eigenvalue weighted by atomic mass is 19.1. The highest BCUT2D eigenvalue weighted by Gasteiger charge is 2.27. The molecule has 1 fully saturated rings. The monoisotopic (exact) mass is 443 g/mol. The number of carbonyl (C=O) groups is 1. The molecule has 0 bridgehead atoms.